The van der Waals surface area contributed by atoms with E-state index in [0.717, 1.165) is 44.8 Å². The molecule has 2 heterocycles. The third kappa shape index (κ3) is 3.25. The van der Waals surface area contributed by atoms with Crippen molar-refractivity contribution in [2.45, 2.75) is 25.9 Å². The van der Waals surface area contributed by atoms with Crippen molar-refractivity contribution in [2.24, 2.45) is 0 Å². The Morgan fingerprint density at radius 2 is 2.21 bits per heavy atom. The number of furan rings is 1. The number of hydrogen-bond donors (Lipinski definition) is 2. The standard InChI is InChI=1S/C16H20N2O/c1-2-16(19-9-1)6-8-17-11-13-3-4-14-5-7-18-12-15(14)10-13/h1-4,9-10,17-18H,5-8,11-12H2. The van der Waals surface area contributed by atoms with E-state index < -0.39 is 0 Å². The van der Waals surface area contributed by atoms with Crippen LogP contribution in [0.3, 0.4) is 0 Å². The molecule has 0 bridgehead atoms. The molecular weight excluding hydrogens is 236 g/mol. The van der Waals surface area contributed by atoms with Gasteiger partial charge in [-0.25, -0.2) is 0 Å². The second-order valence-corrected chi connectivity index (χ2v) is 5.04. The van der Waals surface area contributed by atoms with Crippen LogP contribution in [0, 0.1) is 0 Å². The largest absolute Gasteiger partial charge is 0.469 e. The maximum absolute atomic E-state index is 5.31. The van der Waals surface area contributed by atoms with Crippen LogP contribution >= 0.6 is 0 Å². The van der Waals surface area contributed by atoms with Gasteiger partial charge in [-0.15, -0.1) is 0 Å². The summed E-state index contributed by atoms with van der Waals surface area (Å²) >= 11 is 0. The highest BCUT2D eigenvalue weighted by molar-refractivity contribution is 5.33. The molecule has 0 atom stereocenters. The molecule has 0 aliphatic carbocycles. The summed E-state index contributed by atoms with van der Waals surface area (Å²) in [5.74, 6) is 1.04. The molecule has 2 aromatic rings. The van der Waals surface area contributed by atoms with Crippen LogP contribution in [0.2, 0.25) is 0 Å². The molecule has 1 aromatic carbocycles. The fourth-order valence-electron chi connectivity index (χ4n) is 2.54. The lowest BCUT2D eigenvalue weighted by Crippen LogP contribution is -2.24. The molecule has 3 rings (SSSR count). The van der Waals surface area contributed by atoms with Gasteiger partial charge in [-0.1, -0.05) is 18.2 Å². The quantitative estimate of drug-likeness (QED) is 0.806. The van der Waals surface area contributed by atoms with Gasteiger partial charge in [0.1, 0.15) is 5.76 Å². The minimum Gasteiger partial charge on any atom is -0.469 e. The number of hydrogen-bond acceptors (Lipinski definition) is 3. The first kappa shape index (κ1) is 12.5. The Balaban J connectivity index is 1.50. The second kappa shape index (κ2) is 6.04. The number of rotatable bonds is 5. The highest BCUT2D eigenvalue weighted by atomic mass is 16.3. The van der Waals surface area contributed by atoms with E-state index in [2.05, 4.69) is 28.8 Å². The van der Waals surface area contributed by atoms with Gasteiger partial charge < -0.3 is 15.1 Å². The minimum atomic E-state index is 0.925. The third-order valence-corrected chi connectivity index (χ3v) is 3.61. The van der Waals surface area contributed by atoms with Gasteiger partial charge in [-0.2, -0.15) is 0 Å². The fourth-order valence-corrected chi connectivity index (χ4v) is 2.54. The van der Waals surface area contributed by atoms with Crippen LogP contribution < -0.4 is 10.6 Å². The van der Waals surface area contributed by atoms with Crippen LogP contribution in [0.25, 0.3) is 0 Å². The molecule has 3 nitrogen and oxygen atoms in total. The van der Waals surface area contributed by atoms with Gasteiger partial charge in [0.05, 0.1) is 6.26 Å². The minimum absolute atomic E-state index is 0.925. The van der Waals surface area contributed by atoms with Gasteiger partial charge in [0.2, 0.25) is 0 Å². The van der Waals surface area contributed by atoms with E-state index in [4.69, 9.17) is 4.42 Å². The van der Waals surface area contributed by atoms with Crippen molar-refractivity contribution in [3.05, 3.63) is 59.0 Å². The van der Waals surface area contributed by atoms with Crippen molar-refractivity contribution in [3.63, 3.8) is 0 Å². The molecule has 1 aromatic heterocycles. The fraction of sp³-hybridized carbons (Fsp3) is 0.375. The van der Waals surface area contributed by atoms with Gasteiger partial charge >= 0.3 is 0 Å². The van der Waals surface area contributed by atoms with Crippen molar-refractivity contribution in [3.8, 4) is 0 Å². The van der Waals surface area contributed by atoms with Crippen LogP contribution in [-0.4, -0.2) is 13.1 Å². The van der Waals surface area contributed by atoms with Gasteiger partial charge in [0.15, 0.2) is 0 Å². The van der Waals surface area contributed by atoms with E-state index in [9.17, 15) is 0 Å². The molecule has 0 fully saturated rings. The average Bonchev–Trinajstić information content (AvgIpc) is 2.97. The van der Waals surface area contributed by atoms with Crippen LogP contribution in [0.1, 0.15) is 22.5 Å². The Morgan fingerprint density at radius 3 is 3.11 bits per heavy atom. The molecule has 0 saturated heterocycles. The summed E-state index contributed by atoms with van der Waals surface area (Å²) in [6.45, 7) is 3.99. The zero-order chi connectivity index (χ0) is 12.9. The number of nitrogens with one attached hydrogen (secondary N) is 2. The van der Waals surface area contributed by atoms with E-state index in [1.807, 2.05) is 12.1 Å². The average molecular weight is 256 g/mol. The molecule has 0 saturated carbocycles. The first-order valence-electron chi connectivity index (χ1n) is 6.96. The lowest BCUT2D eigenvalue weighted by Gasteiger charge is -2.18. The maximum atomic E-state index is 5.31. The molecule has 0 unspecified atom stereocenters. The zero-order valence-corrected chi connectivity index (χ0v) is 11.1. The summed E-state index contributed by atoms with van der Waals surface area (Å²) in [4.78, 5) is 0. The van der Waals surface area contributed by atoms with E-state index in [0.29, 0.717) is 0 Å². The monoisotopic (exact) mass is 256 g/mol. The number of benzene rings is 1. The Hall–Kier alpha value is -1.58. The van der Waals surface area contributed by atoms with Gasteiger partial charge in [-0.05, 0) is 41.8 Å². The molecule has 0 radical (unpaired) electrons. The SMILES string of the molecule is c1coc(CCNCc2ccc3c(c2)CNCC3)c1. The van der Waals surface area contributed by atoms with Crippen molar-refractivity contribution in [2.75, 3.05) is 13.1 Å². The Morgan fingerprint density at radius 1 is 1.21 bits per heavy atom. The van der Waals surface area contributed by atoms with E-state index in [1.54, 1.807) is 6.26 Å². The molecule has 1 aliphatic rings. The van der Waals surface area contributed by atoms with Crippen molar-refractivity contribution < 1.29 is 4.42 Å². The van der Waals surface area contributed by atoms with E-state index >= 15 is 0 Å². The topological polar surface area (TPSA) is 37.2 Å². The van der Waals surface area contributed by atoms with E-state index in [-0.39, 0.29) is 0 Å². The molecular formula is C16H20N2O. The maximum Gasteiger partial charge on any atom is 0.105 e. The third-order valence-electron chi connectivity index (χ3n) is 3.61. The lowest BCUT2D eigenvalue weighted by molar-refractivity contribution is 0.498. The Labute approximate surface area is 114 Å². The highest BCUT2D eigenvalue weighted by Crippen LogP contribution is 2.15. The summed E-state index contributed by atoms with van der Waals surface area (Å²) in [6.07, 6.45) is 3.83. The van der Waals surface area contributed by atoms with Crippen molar-refractivity contribution in [1.82, 2.24) is 10.6 Å². The molecule has 1 aliphatic heterocycles. The smallest absolute Gasteiger partial charge is 0.105 e. The van der Waals surface area contributed by atoms with Crippen molar-refractivity contribution in [1.29, 1.82) is 0 Å². The van der Waals surface area contributed by atoms with Gasteiger partial charge in [0, 0.05) is 26.1 Å². The second-order valence-electron chi connectivity index (χ2n) is 5.04. The first-order chi connectivity index (χ1) is 9.42. The molecule has 2 N–H and O–H groups in total. The predicted molar refractivity (Wildman–Crippen MR) is 76.0 cm³/mol. The summed E-state index contributed by atoms with van der Waals surface area (Å²) in [6, 6.07) is 10.8. The number of fused-ring (bicyclic) bond motifs is 1. The van der Waals surface area contributed by atoms with Crippen LogP contribution in [0.15, 0.2) is 41.0 Å². The molecule has 100 valence electrons. The highest BCUT2D eigenvalue weighted by Gasteiger charge is 2.08. The van der Waals surface area contributed by atoms with E-state index in [1.165, 1.54) is 16.7 Å². The van der Waals surface area contributed by atoms with Crippen LogP contribution in [0.5, 0.6) is 0 Å². The van der Waals surface area contributed by atoms with Gasteiger partial charge in [0.25, 0.3) is 0 Å². The Kier molecular flexibility index (Phi) is 3.96. The summed E-state index contributed by atoms with van der Waals surface area (Å²) in [5, 5.41) is 6.89. The van der Waals surface area contributed by atoms with Crippen LogP contribution in [-0.2, 0) is 25.9 Å². The van der Waals surface area contributed by atoms with Crippen molar-refractivity contribution >= 4 is 0 Å². The van der Waals surface area contributed by atoms with Gasteiger partial charge in [-0.3, -0.25) is 0 Å². The zero-order valence-electron chi connectivity index (χ0n) is 11.1. The van der Waals surface area contributed by atoms with Crippen LogP contribution in [0.4, 0.5) is 0 Å². The normalized spacial score (nSPS) is 14.3. The Bertz CT molecular complexity index is 520. The molecule has 0 spiro atoms. The molecule has 19 heavy (non-hydrogen) atoms. The molecule has 0 amide bonds. The first-order valence-corrected chi connectivity index (χ1v) is 6.96. The molecule has 3 heteroatoms. The summed E-state index contributed by atoms with van der Waals surface area (Å²) in [7, 11) is 0. The predicted octanol–water partition coefficient (Wildman–Crippen LogP) is 2.26. The summed E-state index contributed by atoms with van der Waals surface area (Å²) in [5.41, 5.74) is 4.32. The lowest BCUT2D eigenvalue weighted by atomic mass is 9.98. The summed E-state index contributed by atoms with van der Waals surface area (Å²) < 4.78 is 5.31.